The van der Waals surface area contributed by atoms with Gasteiger partial charge in [0.25, 0.3) is 0 Å². The molecule has 2 aromatic rings. The summed E-state index contributed by atoms with van der Waals surface area (Å²) in [7, 11) is 0. The van der Waals surface area contributed by atoms with Gasteiger partial charge in [0.1, 0.15) is 0 Å². The van der Waals surface area contributed by atoms with Crippen molar-refractivity contribution in [2.24, 2.45) is 0 Å². The van der Waals surface area contributed by atoms with Crippen LogP contribution in [0.4, 0.5) is 5.82 Å². The minimum Gasteiger partial charge on any atom is -0.308 e. The molecule has 1 aliphatic rings. The maximum absolute atomic E-state index is 12.0. The summed E-state index contributed by atoms with van der Waals surface area (Å²) in [4.78, 5) is 12.0. The van der Waals surface area contributed by atoms with Crippen molar-refractivity contribution in [3.05, 3.63) is 46.1 Å². The van der Waals surface area contributed by atoms with E-state index in [1.165, 1.54) is 0 Å². The Morgan fingerprint density at radius 3 is 2.70 bits per heavy atom. The number of hydrogen-bond acceptors (Lipinski definition) is 3. The predicted octanol–water partition coefficient (Wildman–Crippen LogP) is 3.53. The molecule has 1 aromatic carbocycles. The number of carbonyl (C=O) groups is 1. The first kappa shape index (κ1) is 13.5. The van der Waals surface area contributed by atoms with Gasteiger partial charge >= 0.3 is 0 Å². The first-order valence-corrected chi connectivity index (χ1v) is 7.65. The lowest BCUT2D eigenvalue weighted by atomic mass is 10.0. The molecule has 1 aromatic heterocycles. The van der Waals surface area contributed by atoms with E-state index in [0.29, 0.717) is 10.8 Å². The molecule has 0 saturated carbocycles. The van der Waals surface area contributed by atoms with Crippen molar-refractivity contribution in [2.45, 2.75) is 24.3 Å². The number of anilines is 1. The van der Waals surface area contributed by atoms with Gasteiger partial charge in [-0.2, -0.15) is 5.10 Å². The van der Waals surface area contributed by atoms with Crippen LogP contribution in [0.25, 0.3) is 0 Å². The monoisotopic (exact) mass is 307 g/mol. The average molecular weight is 308 g/mol. The third kappa shape index (κ3) is 2.31. The van der Waals surface area contributed by atoms with Gasteiger partial charge in [0.15, 0.2) is 5.82 Å². The van der Waals surface area contributed by atoms with Gasteiger partial charge in [0.2, 0.25) is 5.91 Å². The van der Waals surface area contributed by atoms with Gasteiger partial charge in [0, 0.05) is 16.3 Å². The fraction of sp³-hybridized carbons (Fsp3) is 0.286. The lowest BCUT2D eigenvalue weighted by Crippen LogP contribution is -2.21. The molecule has 0 fully saturated rings. The number of aromatic amines is 1. The molecular formula is C14H14ClN3OS. The molecule has 1 amide bonds. The van der Waals surface area contributed by atoms with Crippen LogP contribution in [-0.4, -0.2) is 21.4 Å². The topological polar surface area (TPSA) is 57.8 Å². The van der Waals surface area contributed by atoms with Gasteiger partial charge in [-0.1, -0.05) is 23.7 Å². The molecule has 3 rings (SSSR count). The number of carbonyl (C=O) groups excluding carboxylic acids is 1. The minimum absolute atomic E-state index is 0.0146. The summed E-state index contributed by atoms with van der Waals surface area (Å²) < 4.78 is 0. The van der Waals surface area contributed by atoms with E-state index in [-0.39, 0.29) is 16.4 Å². The van der Waals surface area contributed by atoms with Gasteiger partial charge in [-0.05, 0) is 31.5 Å². The lowest BCUT2D eigenvalue weighted by Gasteiger charge is -2.17. The van der Waals surface area contributed by atoms with Crippen molar-refractivity contribution in [1.29, 1.82) is 0 Å². The highest BCUT2D eigenvalue weighted by Crippen LogP contribution is 2.44. The van der Waals surface area contributed by atoms with Gasteiger partial charge < -0.3 is 5.32 Å². The second kappa shape index (κ2) is 5.14. The summed E-state index contributed by atoms with van der Waals surface area (Å²) >= 11 is 7.57. The molecule has 4 nitrogen and oxygen atoms in total. The van der Waals surface area contributed by atoms with Crippen LogP contribution in [0.1, 0.15) is 29.0 Å². The number of aromatic nitrogens is 2. The molecule has 0 radical (unpaired) electrons. The summed E-state index contributed by atoms with van der Waals surface area (Å²) in [5.41, 5.74) is 3.13. The number of thioether (sulfide) groups is 1. The second-order valence-corrected chi connectivity index (χ2v) is 6.70. The fourth-order valence-electron chi connectivity index (χ4n) is 2.29. The van der Waals surface area contributed by atoms with E-state index in [0.717, 1.165) is 16.8 Å². The maximum atomic E-state index is 12.0. The Labute approximate surface area is 126 Å². The smallest absolute Gasteiger partial charge is 0.238 e. The SMILES string of the molecule is Cc1[nH]nc2c1C(c1ccc(Cl)cc1)SC(C)C(=O)N2. The molecule has 0 saturated heterocycles. The summed E-state index contributed by atoms with van der Waals surface area (Å²) in [5.74, 6) is 0.614. The van der Waals surface area contributed by atoms with Crippen molar-refractivity contribution in [3.63, 3.8) is 0 Å². The van der Waals surface area contributed by atoms with Crippen molar-refractivity contribution < 1.29 is 4.79 Å². The molecule has 2 atom stereocenters. The normalized spacial score (nSPS) is 22.1. The number of rotatable bonds is 1. The number of H-pyrrole nitrogens is 1. The van der Waals surface area contributed by atoms with Crippen LogP contribution in [-0.2, 0) is 4.79 Å². The van der Waals surface area contributed by atoms with Gasteiger partial charge in [-0.3, -0.25) is 9.89 Å². The first-order valence-electron chi connectivity index (χ1n) is 6.33. The van der Waals surface area contributed by atoms with Gasteiger partial charge in [0.05, 0.1) is 10.5 Å². The second-order valence-electron chi connectivity index (χ2n) is 4.81. The van der Waals surface area contributed by atoms with Gasteiger partial charge in [-0.15, -0.1) is 11.8 Å². The standard InChI is InChI=1S/C14H14ClN3OS/c1-7-11-12(9-3-5-10(15)6-4-9)20-8(2)14(19)16-13(11)18-17-7/h3-6,8,12H,1-2H3,(H2,16,17,18,19). The van der Waals surface area contributed by atoms with Crippen LogP contribution in [0.15, 0.2) is 24.3 Å². The van der Waals surface area contributed by atoms with E-state index in [9.17, 15) is 4.79 Å². The Morgan fingerprint density at radius 1 is 1.30 bits per heavy atom. The van der Waals surface area contributed by atoms with Crippen LogP contribution in [0.2, 0.25) is 5.02 Å². The van der Waals surface area contributed by atoms with E-state index in [2.05, 4.69) is 15.5 Å². The highest BCUT2D eigenvalue weighted by Gasteiger charge is 2.31. The molecule has 1 aliphatic heterocycles. The van der Waals surface area contributed by atoms with Crippen LogP contribution < -0.4 is 5.32 Å². The number of halogens is 1. The number of hydrogen-bond donors (Lipinski definition) is 2. The number of nitrogens with zero attached hydrogens (tertiary/aromatic N) is 1. The zero-order valence-corrected chi connectivity index (χ0v) is 12.7. The molecule has 104 valence electrons. The molecule has 0 aliphatic carbocycles. The molecule has 2 unspecified atom stereocenters. The molecular weight excluding hydrogens is 294 g/mol. The lowest BCUT2D eigenvalue weighted by molar-refractivity contribution is -0.115. The van der Waals surface area contributed by atoms with Crippen LogP contribution in [0.5, 0.6) is 0 Å². The van der Waals surface area contributed by atoms with Gasteiger partial charge in [-0.25, -0.2) is 0 Å². The minimum atomic E-state index is -0.135. The quantitative estimate of drug-likeness (QED) is 0.847. The largest absolute Gasteiger partial charge is 0.308 e. The summed E-state index contributed by atoms with van der Waals surface area (Å²) in [5, 5.41) is 10.7. The molecule has 20 heavy (non-hydrogen) atoms. The van der Waals surface area contributed by atoms with Crippen LogP contribution >= 0.6 is 23.4 Å². The van der Waals surface area contributed by atoms with E-state index in [4.69, 9.17) is 11.6 Å². The average Bonchev–Trinajstić information content (AvgIpc) is 2.71. The van der Waals surface area contributed by atoms with E-state index in [1.54, 1.807) is 11.8 Å². The highest BCUT2D eigenvalue weighted by atomic mass is 35.5. The Bertz CT molecular complexity index is 653. The fourth-order valence-corrected chi connectivity index (χ4v) is 3.74. The number of fused-ring (bicyclic) bond motifs is 1. The molecule has 2 N–H and O–H groups in total. The molecule has 6 heteroatoms. The summed E-state index contributed by atoms with van der Waals surface area (Å²) in [6.07, 6.45) is 0. The third-order valence-electron chi connectivity index (χ3n) is 3.38. The van der Waals surface area contributed by atoms with Crippen molar-refractivity contribution >= 4 is 35.1 Å². The number of amides is 1. The van der Waals surface area contributed by atoms with Crippen LogP contribution in [0, 0.1) is 6.92 Å². The summed E-state index contributed by atoms with van der Waals surface area (Å²) in [6, 6.07) is 7.74. The Hall–Kier alpha value is -1.46. The third-order valence-corrected chi connectivity index (χ3v) is 5.03. The maximum Gasteiger partial charge on any atom is 0.238 e. The zero-order valence-electron chi connectivity index (χ0n) is 11.1. The predicted molar refractivity (Wildman–Crippen MR) is 82.3 cm³/mol. The molecule has 0 bridgehead atoms. The zero-order chi connectivity index (χ0) is 14.3. The van der Waals surface area contributed by atoms with E-state index < -0.39 is 0 Å². The number of nitrogens with one attached hydrogen (secondary N) is 2. The van der Waals surface area contributed by atoms with E-state index in [1.807, 2.05) is 38.1 Å². The molecule has 2 heterocycles. The Balaban J connectivity index is 2.10. The molecule has 0 spiro atoms. The Kier molecular flexibility index (Phi) is 3.48. The van der Waals surface area contributed by atoms with Crippen molar-refractivity contribution in [2.75, 3.05) is 5.32 Å². The van der Waals surface area contributed by atoms with E-state index >= 15 is 0 Å². The van der Waals surface area contributed by atoms with Crippen molar-refractivity contribution in [3.8, 4) is 0 Å². The number of aryl methyl sites for hydroxylation is 1. The first-order chi connectivity index (χ1) is 9.56. The highest BCUT2D eigenvalue weighted by molar-refractivity contribution is 8.01. The van der Waals surface area contributed by atoms with Crippen molar-refractivity contribution in [1.82, 2.24) is 10.2 Å². The Morgan fingerprint density at radius 2 is 2.00 bits per heavy atom. The van der Waals surface area contributed by atoms with Crippen LogP contribution in [0.3, 0.4) is 0 Å². The number of benzene rings is 1. The summed E-state index contributed by atoms with van der Waals surface area (Å²) in [6.45, 7) is 3.88.